The fourth-order valence-electron chi connectivity index (χ4n) is 1.59. The molecule has 0 aliphatic carbocycles. The summed E-state index contributed by atoms with van der Waals surface area (Å²) in [5, 5.41) is 2.65. The number of benzene rings is 1. The molecule has 0 aliphatic heterocycles. The number of hydrogen-bond donors (Lipinski definition) is 1. The Hall–Kier alpha value is -2.62. The number of ether oxygens (including phenoxy) is 1. The number of rotatable bonds is 5. The molecule has 2 rings (SSSR count). The van der Waals surface area contributed by atoms with E-state index in [1.54, 1.807) is 12.4 Å². The molecule has 1 amide bonds. The molecule has 0 bridgehead atoms. The van der Waals surface area contributed by atoms with Crippen molar-refractivity contribution in [3.63, 3.8) is 0 Å². The molecule has 0 fully saturated rings. The van der Waals surface area contributed by atoms with Gasteiger partial charge in [0.15, 0.2) is 0 Å². The maximum absolute atomic E-state index is 11.4. The van der Waals surface area contributed by atoms with Gasteiger partial charge in [0, 0.05) is 18.9 Å². The Morgan fingerprint density at radius 1 is 1.20 bits per heavy atom. The summed E-state index contributed by atoms with van der Waals surface area (Å²) in [5.41, 5.74) is 1.96. The zero-order valence-electron chi connectivity index (χ0n) is 11.0. The van der Waals surface area contributed by atoms with E-state index in [1.165, 1.54) is 0 Å². The lowest BCUT2D eigenvalue weighted by molar-refractivity contribution is 0.141. The van der Waals surface area contributed by atoms with Crippen LogP contribution in [-0.4, -0.2) is 17.6 Å². The fourth-order valence-corrected chi connectivity index (χ4v) is 1.59. The summed E-state index contributed by atoms with van der Waals surface area (Å²) in [6.07, 6.45) is 6.79. The van der Waals surface area contributed by atoms with Crippen LogP contribution >= 0.6 is 0 Å². The Bertz CT molecular complexity index is 553. The molecule has 4 heteroatoms. The van der Waals surface area contributed by atoms with Gasteiger partial charge in [-0.05, 0) is 17.2 Å². The number of pyridine rings is 1. The summed E-state index contributed by atoms with van der Waals surface area (Å²) in [4.78, 5) is 15.4. The molecular formula is C16H16N2O2. The van der Waals surface area contributed by atoms with Crippen LogP contribution in [-0.2, 0) is 11.3 Å². The van der Waals surface area contributed by atoms with Crippen LogP contribution in [0.5, 0.6) is 0 Å². The van der Waals surface area contributed by atoms with Crippen LogP contribution in [0.4, 0.5) is 4.79 Å². The minimum atomic E-state index is -0.426. The minimum Gasteiger partial charge on any atom is -0.445 e. The summed E-state index contributed by atoms with van der Waals surface area (Å²) in [7, 11) is 0. The molecule has 0 saturated heterocycles. The van der Waals surface area contributed by atoms with Gasteiger partial charge in [-0.3, -0.25) is 4.98 Å². The largest absolute Gasteiger partial charge is 0.445 e. The highest BCUT2D eigenvalue weighted by atomic mass is 16.5. The van der Waals surface area contributed by atoms with Crippen molar-refractivity contribution in [1.82, 2.24) is 10.3 Å². The number of hydrogen-bond acceptors (Lipinski definition) is 3. The maximum atomic E-state index is 11.4. The second-order valence-electron chi connectivity index (χ2n) is 4.13. The Balaban J connectivity index is 1.67. The predicted octanol–water partition coefficient (Wildman–Crippen LogP) is 3.02. The van der Waals surface area contributed by atoms with Gasteiger partial charge in [-0.25, -0.2) is 4.79 Å². The smallest absolute Gasteiger partial charge is 0.407 e. The van der Waals surface area contributed by atoms with Crippen LogP contribution in [0, 0.1) is 0 Å². The Morgan fingerprint density at radius 2 is 2.05 bits per heavy atom. The second-order valence-corrected chi connectivity index (χ2v) is 4.13. The summed E-state index contributed by atoms with van der Waals surface area (Å²) >= 11 is 0. The van der Waals surface area contributed by atoms with E-state index in [2.05, 4.69) is 10.3 Å². The van der Waals surface area contributed by atoms with E-state index in [-0.39, 0.29) is 6.61 Å². The number of aromatic nitrogens is 1. The SMILES string of the molecule is O=C(NCC=Cc1cccnc1)OCc1ccccc1. The van der Waals surface area contributed by atoms with Crippen molar-refractivity contribution < 1.29 is 9.53 Å². The van der Waals surface area contributed by atoms with Crippen molar-refractivity contribution in [1.29, 1.82) is 0 Å². The summed E-state index contributed by atoms with van der Waals surface area (Å²) in [6.45, 7) is 0.696. The van der Waals surface area contributed by atoms with Crippen molar-refractivity contribution in [3.05, 3.63) is 72.1 Å². The molecule has 2 aromatic rings. The summed E-state index contributed by atoms with van der Waals surface area (Å²) < 4.78 is 5.08. The molecule has 102 valence electrons. The zero-order chi connectivity index (χ0) is 14.0. The standard InChI is InChI=1S/C16H16N2O2/c19-16(20-13-15-6-2-1-3-7-15)18-11-5-9-14-8-4-10-17-12-14/h1-10,12H,11,13H2,(H,18,19). The third-order valence-corrected chi connectivity index (χ3v) is 2.57. The number of nitrogens with one attached hydrogen (secondary N) is 1. The quantitative estimate of drug-likeness (QED) is 0.906. The minimum absolute atomic E-state index is 0.277. The number of alkyl carbamates (subject to hydrolysis) is 1. The molecule has 0 spiro atoms. The molecule has 0 atom stereocenters. The Kier molecular flexibility index (Phi) is 5.34. The van der Waals surface area contributed by atoms with Gasteiger partial charge >= 0.3 is 6.09 Å². The summed E-state index contributed by atoms with van der Waals surface area (Å²) in [6, 6.07) is 13.4. The molecular weight excluding hydrogens is 252 g/mol. The molecule has 0 saturated carbocycles. The highest BCUT2D eigenvalue weighted by Gasteiger charge is 1.99. The normalized spacial score (nSPS) is 10.4. The van der Waals surface area contributed by atoms with Gasteiger partial charge in [0.25, 0.3) is 0 Å². The maximum Gasteiger partial charge on any atom is 0.407 e. The molecule has 0 unspecified atom stereocenters. The molecule has 4 nitrogen and oxygen atoms in total. The van der Waals surface area contributed by atoms with Crippen LogP contribution in [0.1, 0.15) is 11.1 Å². The number of carbonyl (C=O) groups is 1. The first kappa shape index (κ1) is 13.8. The fraction of sp³-hybridized carbons (Fsp3) is 0.125. The van der Waals surface area contributed by atoms with Crippen LogP contribution in [0.25, 0.3) is 6.08 Å². The van der Waals surface area contributed by atoms with E-state index in [0.29, 0.717) is 6.54 Å². The van der Waals surface area contributed by atoms with E-state index in [0.717, 1.165) is 11.1 Å². The van der Waals surface area contributed by atoms with Gasteiger partial charge in [-0.15, -0.1) is 0 Å². The summed E-state index contributed by atoms with van der Waals surface area (Å²) in [5.74, 6) is 0. The third kappa shape index (κ3) is 4.94. The molecule has 20 heavy (non-hydrogen) atoms. The molecule has 0 aliphatic rings. The van der Waals surface area contributed by atoms with Crippen molar-refractivity contribution in [2.75, 3.05) is 6.54 Å². The van der Waals surface area contributed by atoms with E-state index >= 15 is 0 Å². The highest BCUT2D eigenvalue weighted by molar-refractivity contribution is 5.67. The van der Waals surface area contributed by atoms with E-state index < -0.39 is 6.09 Å². The number of amides is 1. The van der Waals surface area contributed by atoms with Gasteiger partial charge in [0.2, 0.25) is 0 Å². The number of carbonyl (C=O) groups excluding carboxylic acids is 1. The highest BCUT2D eigenvalue weighted by Crippen LogP contribution is 2.00. The topological polar surface area (TPSA) is 51.2 Å². The predicted molar refractivity (Wildman–Crippen MR) is 77.9 cm³/mol. The van der Waals surface area contributed by atoms with Crippen molar-refractivity contribution in [2.24, 2.45) is 0 Å². The average molecular weight is 268 g/mol. The molecule has 1 N–H and O–H groups in total. The first-order valence-electron chi connectivity index (χ1n) is 6.36. The van der Waals surface area contributed by atoms with Gasteiger partial charge in [0.05, 0.1) is 0 Å². The Morgan fingerprint density at radius 3 is 2.80 bits per heavy atom. The molecule has 1 aromatic heterocycles. The molecule has 1 aromatic carbocycles. The molecule has 0 radical (unpaired) electrons. The first-order valence-corrected chi connectivity index (χ1v) is 6.36. The van der Waals surface area contributed by atoms with Gasteiger partial charge < -0.3 is 10.1 Å². The van der Waals surface area contributed by atoms with Gasteiger partial charge in [-0.2, -0.15) is 0 Å². The van der Waals surface area contributed by atoms with E-state index in [9.17, 15) is 4.79 Å². The first-order chi connectivity index (χ1) is 9.84. The van der Waals surface area contributed by atoms with Crippen LogP contribution in [0.15, 0.2) is 60.9 Å². The van der Waals surface area contributed by atoms with Crippen LogP contribution in [0.3, 0.4) is 0 Å². The van der Waals surface area contributed by atoms with Gasteiger partial charge in [0.1, 0.15) is 6.61 Å². The van der Waals surface area contributed by atoms with E-state index in [4.69, 9.17) is 4.74 Å². The lowest BCUT2D eigenvalue weighted by atomic mass is 10.2. The van der Waals surface area contributed by atoms with Crippen molar-refractivity contribution >= 4 is 12.2 Å². The zero-order valence-corrected chi connectivity index (χ0v) is 11.0. The average Bonchev–Trinajstić information content (AvgIpc) is 2.52. The number of nitrogens with zero attached hydrogens (tertiary/aromatic N) is 1. The molecule has 1 heterocycles. The lowest BCUT2D eigenvalue weighted by Gasteiger charge is -2.05. The monoisotopic (exact) mass is 268 g/mol. The second kappa shape index (κ2) is 7.74. The Labute approximate surface area is 118 Å². The van der Waals surface area contributed by atoms with Crippen molar-refractivity contribution in [2.45, 2.75) is 6.61 Å². The third-order valence-electron chi connectivity index (χ3n) is 2.57. The van der Waals surface area contributed by atoms with Crippen LogP contribution in [0.2, 0.25) is 0 Å². The van der Waals surface area contributed by atoms with Gasteiger partial charge in [-0.1, -0.05) is 48.6 Å². The van der Waals surface area contributed by atoms with Crippen LogP contribution < -0.4 is 5.32 Å². The van der Waals surface area contributed by atoms with E-state index in [1.807, 2.05) is 54.6 Å². The van der Waals surface area contributed by atoms with Crippen molar-refractivity contribution in [3.8, 4) is 0 Å². The lowest BCUT2D eigenvalue weighted by Crippen LogP contribution is -2.24.